The molecule has 0 aromatic heterocycles. The van der Waals surface area contributed by atoms with Gasteiger partial charge in [-0.15, -0.1) is 0 Å². The summed E-state index contributed by atoms with van der Waals surface area (Å²) < 4.78 is 0. The second-order valence-corrected chi connectivity index (χ2v) is 4.89. The third kappa shape index (κ3) is 4.40. The third-order valence-corrected chi connectivity index (χ3v) is 3.18. The number of nitrogens with zero attached hydrogens (tertiary/aromatic N) is 2. The van der Waals surface area contributed by atoms with Crippen LogP contribution in [0.3, 0.4) is 0 Å². The molecule has 0 spiro atoms. The molecular formula is C16H10ClN3O3. The van der Waals surface area contributed by atoms with E-state index in [2.05, 4.69) is 5.32 Å². The molecule has 0 aliphatic carbocycles. The van der Waals surface area contributed by atoms with Crippen molar-refractivity contribution in [3.63, 3.8) is 0 Å². The molecule has 6 nitrogen and oxygen atoms in total. The average Bonchev–Trinajstić information content (AvgIpc) is 2.53. The number of hydrogen-bond donors (Lipinski definition) is 1. The second kappa shape index (κ2) is 7.20. The fourth-order valence-corrected chi connectivity index (χ4v) is 2.00. The summed E-state index contributed by atoms with van der Waals surface area (Å²) in [5.41, 5.74) is 1.25. The average molecular weight is 328 g/mol. The topological polar surface area (TPSA) is 96.0 Å². The van der Waals surface area contributed by atoms with Crippen LogP contribution >= 0.6 is 11.6 Å². The molecule has 23 heavy (non-hydrogen) atoms. The number of halogens is 1. The molecule has 2 rings (SSSR count). The smallest absolute Gasteiger partial charge is 0.270 e. The first-order chi connectivity index (χ1) is 11.0. The van der Waals surface area contributed by atoms with E-state index in [9.17, 15) is 14.9 Å². The van der Waals surface area contributed by atoms with Crippen LogP contribution in [0.15, 0.2) is 48.5 Å². The highest BCUT2D eigenvalue weighted by atomic mass is 35.5. The Hall–Kier alpha value is -3.17. The number of nitrogens with one attached hydrogen (secondary N) is 1. The maximum Gasteiger partial charge on any atom is 0.270 e. The van der Waals surface area contributed by atoms with Gasteiger partial charge in [0.05, 0.1) is 15.5 Å². The van der Waals surface area contributed by atoms with Crippen molar-refractivity contribution in [1.29, 1.82) is 5.26 Å². The van der Waals surface area contributed by atoms with Gasteiger partial charge in [0, 0.05) is 23.9 Å². The summed E-state index contributed by atoms with van der Waals surface area (Å²) in [4.78, 5) is 22.0. The highest BCUT2D eigenvalue weighted by Gasteiger charge is 2.05. The molecule has 0 heterocycles. The molecule has 114 valence electrons. The van der Waals surface area contributed by atoms with Gasteiger partial charge in [-0.05, 0) is 29.8 Å². The Morgan fingerprint density at radius 3 is 2.74 bits per heavy atom. The first-order valence-corrected chi connectivity index (χ1v) is 6.80. The zero-order valence-corrected chi connectivity index (χ0v) is 12.4. The SMILES string of the molecule is N#Cc1ccc(NC(=O)C=Cc2cccc([N+](=O)[O-])c2)cc1Cl. The van der Waals surface area contributed by atoms with Gasteiger partial charge in [0.1, 0.15) is 6.07 Å². The fourth-order valence-electron chi connectivity index (χ4n) is 1.78. The Morgan fingerprint density at radius 2 is 2.09 bits per heavy atom. The van der Waals surface area contributed by atoms with Crippen LogP contribution in [0.1, 0.15) is 11.1 Å². The lowest BCUT2D eigenvalue weighted by atomic mass is 10.2. The molecule has 7 heteroatoms. The zero-order valence-electron chi connectivity index (χ0n) is 11.7. The summed E-state index contributed by atoms with van der Waals surface area (Å²) in [5.74, 6) is -0.419. The lowest BCUT2D eigenvalue weighted by Gasteiger charge is -2.03. The van der Waals surface area contributed by atoms with Crippen LogP contribution in [0.25, 0.3) is 6.08 Å². The molecule has 0 fully saturated rings. The largest absolute Gasteiger partial charge is 0.322 e. The molecule has 0 aliphatic rings. The summed E-state index contributed by atoms with van der Waals surface area (Å²) >= 11 is 5.88. The summed E-state index contributed by atoms with van der Waals surface area (Å²) in [6.45, 7) is 0. The predicted molar refractivity (Wildman–Crippen MR) is 86.9 cm³/mol. The third-order valence-electron chi connectivity index (χ3n) is 2.87. The van der Waals surface area contributed by atoms with Gasteiger partial charge < -0.3 is 5.32 Å². The summed E-state index contributed by atoms with van der Waals surface area (Å²) in [7, 11) is 0. The number of carbonyl (C=O) groups excluding carboxylic acids is 1. The molecule has 0 saturated heterocycles. The monoisotopic (exact) mass is 327 g/mol. The maximum atomic E-state index is 11.8. The molecule has 0 aliphatic heterocycles. The van der Waals surface area contributed by atoms with Crippen LogP contribution in [0, 0.1) is 21.4 Å². The zero-order chi connectivity index (χ0) is 16.8. The number of nitriles is 1. The van der Waals surface area contributed by atoms with E-state index in [1.807, 2.05) is 6.07 Å². The maximum absolute atomic E-state index is 11.8. The number of non-ortho nitro benzene ring substituents is 1. The Kier molecular flexibility index (Phi) is 5.07. The minimum absolute atomic E-state index is 0.0496. The second-order valence-electron chi connectivity index (χ2n) is 4.48. The predicted octanol–water partition coefficient (Wildman–Crippen LogP) is 3.77. The van der Waals surface area contributed by atoms with Gasteiger partial charge in [-0.25, -0.2) is 0 Å². The Morgan fingerprint density at radius 1 is 1.30 bits per heavy atom. The number of benzene rings is 2. The summed E-state index contributed by atoms with van der Waals surface area (Å²) in [5, 5.41) is 22.3. The van der Waals surface area contributed by atoms with Gasteiger partial charge in [-0.1, -0.05) is 23.7 Å². The van der Waals surface area contributed by atoms with Crippen LogP contribution in [-0.2, 0) is 4.79 Å². The van der Waals surface area contributed by atoms with E-state index in [0.717, 1.165) is 0 Å². The normalized spacial score (nSPS) is 10.3. The molecule has 1 N–H and O–H groups in total. The highest BCUT2D eigenvalue weighted by molar-refractivity contribution is 6.32. The van der Waals surface area contributed by atoms with Crippen LogP contribution in [0.4, 0.5) is 11.4 Å². The van der Waals surface area contributed by atoms with Crippen LogP contribution < -0.4 is 5.32 Å². The highest BCUT2D eigenvalue weighted by Crippen LogP contribution is 2.20. The number of nitro groups is 1. The first kappa shape index (κ1) is 16.2. The molecule has 0 radical (unpaired) electrons. The quantitative estimate of drug-likeness (QED) is 0.525. The minimum atomic E-state index is -0.504. The lowest BCUT2D eigenvalue weighted by Crippen LogP contribution is -2.07. The molecule has 1 amide bonds. The van der Waals surface area contributed by atoms with E-state index < -0.39 is 10.8 Å². The van der Waals surface area contributed by atoms with Crippen molar-refractivity contribution in [3.8, 4) is 6.07 Å². The lowest BCUT2D eigenvalue weighted by molar-refractivity contribution is -0.384. The van der Waals surface area contributed by atoms with E-state index in [1.54, 1.807) is 12.1 Å². The molecule has 2 aromatic carbocycles. The molecular weight excluding hydrogens is 318 g/mol. The van der Waals surface area contributed by atoms with E-state index in [0.29, 0.717) is 16.8 Å². The molecule has 0 unspecified atom stereocenters. The molecule has 0 saturated carbocycles. The van der Waals surface area contributed by atoms with E-state index in [1.165, 1.54) is 42.5 Å². The van der Waals surface area contributed by atoms with Crippen molar-refractivity contribution >= 4 is 35.0 Å². The number of rotatable bonds is 4. The molecule has 0 atom stereocenters. The van der Waals surface area contributed by atoms with Crippen molar-refractivity contribution < 1.29 is 9.72 Å². The molecule has 2 aromatic rings. The van der Waals surface area contributed by atoms with Crippen molar-refractivity contribution in [1.82, 2.24) is 0 Å². The first-order valence-electron chi connectivity index (χ1n) is 6.43. The van der Waals surface area contributed by atoms with Crippen molar-refractivity contribution in [3.05, 3.63) is 74.8 Å². The number of nitro benzene ring substituents is 1. The molecule has 0 bridgehead atoms. The number of carbonyl (C=O) groups is 1. The Bertz CT molecular complexity index is 841. The van der Waals surface area contributed by atoms with Gasteiger partial charge in [0.2, 0.25) is 5.91 Å². The van der Waals surface area contributed by atoms with E-state index >= 15 is 0 Å². The summed E-state index contributed by atoms with van der Waals surface area (Å²) in [6.07, 6.45) is 2.72. The summed E-state index contributed by atoms with van der Waals surface area (Å²) in [6, 6.07) is 12.4. The van der Waals surface area contributed by atoms with Gasteiger partial charge in [0.25, 0.3) is 5.69 Å². The number of amides is 1. The van der Waals surface area contributed by atoms with E-state index in [-0.39, 0.29) is 10.7 Å². The van der Waals surface area contributed by atoms with Crippen LogP contribution in [0.5, 0.6) is 0 Å². The number of anilines is 1. The minimum Gasteiger partial charge on any atom is -0.322 e. The van der Waals surface area contributed by atoms with Crippen LogP contribution in [0.2, 0.25) is 5.02 Å². The van der Waals surface area contributed by atoms with Crippen molar-refractivity contribution in [2.75, 3.05) is 5.32 Å². The number of hydrogen-bond acceptors (Lipinski definition) is 4. The Balaban J connectivity index is 2.07. The van der Waals surface area contributed by atoms with E-state index in [4.69, 9.17) is 16.9 Å². The fraction of sp³-hybridized carbons (Fsp3) is 0. The van der Waals surface area contributed by atoms with Crippen molar-refractivity contribution in [2.45, 2.75) is 0 Å². The van der Waals surface area contributed by atoms with Gasteiger partial charge >= 0.3 is 0 Å². The van der Waals surface area contributed by atoms with Gasteiger partial charge in [0.15, 0.2) is 0 Å². The van der Waals surface area contributed by atoms with Crippen LogP contribution in [-0.4, -0.2) is 10.8 Å². The van der Waals surface area contributed by atoms with Gasteiger partial charge in [-0.3, -0.25) is 14.9 Å². The van der Waals surface area contributed by atoms with Crippen molar-refractivity contribution in [2.24, 2.45) is 0 Å². The van der Waals surface area contributed by atoms with Gasteiger partial charge in [-0.2, -0.15) is 5.26 Å². The Labute approximate surface area is 136 Å². The standard InChI is InChI=1S/C16H10ClN3O3/c17-15-9-13(6-5-12(15)10-18)19-16(21)7-4-11-2-1-3-14(8-11)20(22)23/h1-9H,(H,19,21).